The summed E-state index contributed by atoms with van der Waals surface area (Å²) in [5, 5.41) is 2.77. The maximum atomic E-state index is 12.0. The molecule has 0 aliphatic rings. The van der Waals surface area contributed by atoms with Gasteiger partial charge in [0.2, 0.25) is 0 Å². The summed E-state index contributed by atoms with van der Waals surface area (Å²) in [6, 6.07) is 12.6. The van der Waals surface area contributed by atoms with Crippen LogP contribution >= 0.6 is 31.9 Å². The highest BCUT2D eigenvalue weighted by Gasteiger charge is 2.07. The lowest BCUT2D eigenvalue weighted by atomic mass is 10.3. The Balaban J connectivity index is 1.81. The van der Waals surface area contributed by atoms with E-state index < -0.39 is 0 Å². The first-order valence-electron chi connectivity index (χ1n) is 7.18. The van der Waals surface area contributed by atoms with E-state index in [9.17, 15) is 4.79 Å². The summed E-state index contributed by atoms with van der Waals surface area (Å²) in [5.74, 6) is 1.09. The van der Waals surface area contributed by atoms with Gasteiger partial charge in [-0.25, -0.2) is 0 Å². The number of ether oxygens (including phenoxy) is 3. The molecule has 5 nitrogen and oxygen atoms in total. The van der Waals surface area contributed by atoms with E-state index >= 15 is 0 Å². The number of benzene rings is 2. The average molecular weight is 459 g/mol. The molecule has 2 aromatic carbocycles. The Hall–Kier alpha value is -1.57. The van der Waals surface area contributed by atoms with Crippen LogP contribution in [0.1, 0.15) is 0 Å². The van der Waals surface area contributed by atoms with Gasteiger partial charge in [0.25, 0.3) is 5.91 Å². The van der Waals surface area contributed by atoms with E-state index in [-0.39, 0.29) is 12.5 Å². The molecule has 0 spiro atoms. The van der Waals surface area contributed by atoms with Crippen molar-refractivity contribution in [1.82, 2.24) is 0 Å². The Morgan fingerprint density at radius 2 is 1.79 bits per heavy atom. The van der Waals surface area contributed by atoms with Gasteiger partial charge in [-0.2, -0.15) is 0 Å². The fourth-order valence-electron chi connectivity index (χ4n) is 1.81. The second-order valence-electron chi connectivity index (χ2n) is 4.78. The first-order chi connectivity index (χ1) is 11.6. The van der Waals surface area contributed by atoms with Crippen molar-refractivity contribution in [2.75, 3.05) is 32.2 Å². The van der Waals surface area contributed by atoms with E-state index in [2.05, 4.69) is 37.2 Å². The Labute approximate surface area is 157 Å². The van der Waals surface area contributed by atoms with E-state index in [4.69, 9.17) is 14.2 Å². The van der Waals surface area contributed by atoms with Crippen molar-refractivity contribution in [2.24, 2.45) is 0 Å². The highest BCUT2D eigenvalue weighted by molar-refractivity contribution is 9.11. The molecular formula is C17H17Br2NO4. The molecule has 0 saturated carbocycles. The largest absolute Gasteiger partial charge is 0.491 e. The van der Waals surface area contributed by atoms with Gasteiger partial charge in [-0.15, -0.1) is 0 Å². The molecule has 0 saturated heterocycles. The zero-order chi connectivity index (χ0) is 17.4. The molecular weight excluding hydrogens is 442 g/mol. The van der Waals surface area contributed by atoms with Crippen LogP contribution in [0.3, 0.4) is 0 Å². The number of methoxy groups -OCH3 is 1. The second kappa shape index (κ2) is 9.66. The second-order valence-corrected chi connectivity index (χ2v) is 6.55. The SMILES string of the molecule is COCCOc1ccc(NC(=O)COc2ccc(Br)cc2Br)cc1. The monoisotopic (exact) mass is 457 g/mol. The van der Waals surface area contributed by atoms with Gasteiger partial charge in [-0.05, 0) is 58.4 Å². The standard InChI is InChI=1S/C17H17Br2NO4/c1-22-8-9-23-14-5-3-13(4-6-14)20-17(21)11-24-16-7-2-12(18)10-15(16)19/h2-7,10H,8-9,11H2,1H3,(H,20,21). The number of hydrogen-bond donors (Lipinski definition) is 1. The van der Waals surface area contributed by atoms with Gasteiger partial charge in [0.05, 0.1) is 11.1 Å². The van der Waals surface area contributed by atoms with Crippen molar-refractivity contribution in [3.8, 4) is 11.5 Å². The molecule has 0 radical (unpaired) electrons. The van der Waals surface area contributed by atoms with Gasteiger partial charge in [0.15, 0.2) is 6.61 Å². The molecule has 0 heterocycles. The fraction of sp³-hybridized carbons (Fsp3) is 0.235. The molecule has 0 bridgehead atoms. The summed E-state index contributed by atoms with van der Waals surface area (Å²) in [6.45, 7) is 0.936. The number of carbonyl (C=O) groups is 1. The minimum atomic E-state index is -0.238. The number of anilines is 1. The minimum Gasteiger partial charge on any atom is -0.491 e. The maximum absolute atomic E-state index is 12.0. The lowest BCUT2D eigenvalue weighted by Gasteiger charge is -2.10. The lowest BCUT2D eigenvalue weighted by molar-refractivity contribution is -0.118. The van der Waals surface area contributed by atoms with Gasteiger partial charge in [0.1, 0.15) is 18.1 Å². The van der Waals surface area contributed by atoms with Crippen molar-refractivity contribution in [1.29, 1.82) is 0 Å². The zero-order valence-corrected chi connectivity index (χ0v) is 16.2. The molecule has 2 rings (SSSR count). The molecule has 0 aliphatic heterocycles. The van der Waals surface area contributed by atoms with Crippen LogP contribution in [0.25, 0.3) is 0 Å². The smallest absolute Gasteiger partial charge is 0.262 e. The first kappa shape index (κ1) is 18.8. The zero-order valence-electron chi connectivity index (χ0n) is 13.1. The summed E-state index contributed by atoms with van der Waals surface area (Å²) < 4.78 is 17.6. The van der Waals surface area contributed by atoms with Crippen LogP contribution in [0.5, 0.6) is 11.5 Å². The van der Waals surface area contributed by atoms with Crippen LogP contribution in [-0.4, -0.2) is 32.8 Å². The summed E-state index contributed by atoms with van der Waals surface area (Å²) >= 11 is 6.75. The third kappa shape index (κ3) is 6.14. The normalized spacial score (nSPS) is 10.3. The Bertz CT molecular complexity index is 677. The lowest BCUT2D eigenvalue weighted by Crippen LogP contribution is -2.20. The van der Waals surface area contributed by atoms with Crippen molar-refractivity contribution in [2.45, 2.75) is 0 Å². The quantitative estimate of drug-likeness (QED) is 0.600. The Morgan fingerprint density at radius 3 is 2.46 bits per heavy atom. The maximum Gasteiger partial charge on any atom is 0.262 e. The molecule has 0 atom stereocenters. The number of rotatable bonds is 8. The van der Waals surface area contributed by atoms with Crippen molar-refractivity contribution < 1.29 is 19.0 Å². The summed E-state index contributed by atoms with van der Waals surface area (Å²) in [6.07, 6.45) is 0. The number of hydrogen-bond acceptors (Lipinski definition) is 4. The predicted molar refractivity (Wildman–Crippen MR) is 99.8 cm³/mol. The molecule has 0 fully saturated rings. The molecule has 0 unspecified atom stereocenters. The number of halogens is 2. The van der Waals surface area contributed by atoms with Crippen molar-refractivity contribution in [3.63, 3.8) is 0 Å². The van der Waals surface area contributed by atoms with Crippen molar-refractivity contribution >= 4 is 43.5 Å². The highest BCUT2D eigenvalue weighted by atomic mass is 79.9. The molecule has 1 N–H and O–H groups in total. The van der Waals surface area contributed by atoms with Crippen LogP contribution in [0, 0.1) is 0 Å². The molecule has 1 amide bonds. The van der Waals surface area contributed by atoms with Crippen LogP contribution < -0.4 is 14.8 Å². The van der Waals surface area contributed by atoms with Gasteiger partial charge in [-0.1, -0.05) is 15.9 Å². The molecule has 2 aromatic rings. The van der Waals surface area contributed by atoms with Crippen LogP contribution in [0.4, 0.5) is 5.69 Å². The molecule has 128 valence electrons. The Morgan fingerprint density at radius 1 is 1.04 bits per heavy atom. The first-order valence-corrected chi connectivity index (χ1v) is 8.76. The third-order valence-corrected chi connectivity index (χ3v) is 4.06. The molecule has 0 aromatic heterocycles. The predicted octanol–water partition coefficient (Wildman–Crippen LogP) is 4.25. The number of amides is 1. The Kier molecular flexibility index (Phi) is 7.55. The average Bonchev–Trinajstić information content (AvgIpc) is 2.56. The minimum absolute atomic E-state index is 0.0771. The summed E-state index contributed by atoms with van der Waals surface area (Å²) in [7, 11) is 1.62. The van der Waals surface area contributed by atoms with Crippen LogP contribution in [-0.2, 0) is 9.53 Å². The molecule has 0 aliphatic carbocycles. The van der Waals surface area contributed by atoms with E-state index in [0.717, 1.165) is 14.7 Å². The third-order valence-electron chi connectivity index (χ3n) is 2.95. The van der Waals surface area contributed by atoms with E-state index in [0.29, 0.717) is 24.7 Å². The van der Waals surface area contributed by atoms with Crippen LogP contribution in [0.15, 0.2) is 51.4 Å². The molecule has 24 heavy (non-hydrogen) atoms. The topological polar surface area (TPSA) is 56.8 Å². The van der Waals surface area contributed by atoms with E-state index in [1.807, 2.05) is 12.1 Å². The van der Waals surface area contributed by atoms with Crippen LogP contribution in [0.2, 0.25) is 0 Å². The van der Waals surface area contributed by atoms with Gasteiger partial charge >= 0.3 is 0 Å². The van der Waals surface area contributed by atoms with Crippen molar-refractivity contribution in [3.05, 3.63) is 51.4 Å². The number of nitrogens with one attached hydrogen (secondary N) is 1. The van der Waals surface area contributed by atoms with Gasteiger partial charge in [0, 0.05) is 17.3 Å². The van der Waals surface area contributed by atoms with E-state index in [1.54, 1.807) is 37.4 Å². The van der Waals surface area contributed by atoms with Gasteiger partial charge < -0.3 is 19.5 Å². The van der Waals surface area contributed by atoms with E-state index in [1.165, 1.54) is 0 Å². The summed E-state index contributed by atoms with van der Waals surface area (Å²) in [5.41, 5.74) is 0.678. The summed E-state index contributed by atoms with van der Waals surface area (Å²) in [4.78, 5) is 12.0. The highest BCUT2D eigenvalue weighted by Crippen LogP contribution is 2.28. The number of carbonyl (C=O) groups excluding carboxylic acids is 1. The van der Waals surface area contributed by atoms with Gasteiger partial charge in [-0.3, -0.25) is 4.79 Å². The fourth-order valence-corrected chi connectivity index (χ4v) is 2.97. The molecule has 7 heteroatoms.